The summed E-state index contributed by atoms with van der Waals surface area (Å²) in [5, 5.41) is 8.44. The standard InChI is InChI=1S/C12H12O2/c13-12(14)8-3-9-1-4-10(5-2-9)11-6-7-11/h1-5,8,11H,6-7H2,(H,13,14)/b8-3+. The molecule has 1 saturated carbocycles. The minimum atomic E-state index is -0.906. The predicted molar refractivity (Wildman–Crippen MR) is 55.1 cm³/mol. The molecule has 14 heavy (non-hydrogen) atoms. The molecular weight excluding hydrogens is 176 g/mol. The zero-order chi connectivity index (χ0) is 9.97. The summed E-state index contributed by atoms with van der Waals surface area (Å²) in [5.41, 5.74) is 2.31. The zero-order valence-electron chi connectivity index (χ0n) is 7.81. The molecule has 1 aromatic rings. The molecule has 0 amide bonds. The second-order valence-corrected chi connectivity index (χ2v) is 3.61. The Balaban J connectivity index is 2.09. The largest absolute Gasteiger partial charge is 0.478 e. The van der Waals surface area contributed by atoms with Gasteiger partial charge in [-0.1, -0.05) is 24.3 Å². The quantitative estimate of drug-likeness (QED) is 0.740. The Hall–Kier alpha value is -1.57. The van der Waals surface area contributed by atoms with Crippen LogP contribution in [0.3, 0.4) is 0 Å². The molecule has 72 valence electrons. The van der Waals surface area contributed by atoms with Gasteiger partial charge in [-0.3, -0.25) is 0 Å². The molecule has 0 spiro atoms. The van der Waals surface area contributed by atoms with Crippen LogP contribution in [0.1, 0.15) is 29.9 Å². The van der Waals surface area contributed by atoms with Crippen LogP contribution in [-0.2, 0) is 4.79 Å². The zero-order valence-corrected chi connectivity index (χ0v) is 7.81. The van der Waals surface area contributed by atoms with Crippen LogP contribution in [0.25, 0.3) is 6.08 Å². The molecule has 1 aliphatic rings. The number of hydrogen-bond acceptors (Lipinski definition) is 1. The molecule has 0 heterocycles. The van der Waals surface area contributed by atoms with E-state index >= 15 is 0 Å². The van der Waals surface area contributed by atoms with E-state index in [2.05, 4.69) is 12.1 Å². The lowest BCUT2D eigenvalue weighted by molar-refractivity contribution is -0.131. The van der Waals surface area contributed by atoms with E-state index in [1.165, 1.54) is 18.4 Å². The third-order valence-electron chi connectivity index (χ3n) is 2.40. The van der Waals surface area contributed by atoms with Crippen LogP contribution in [0, 0.1) is 0 Å². The molecule has 0 saturated heterocycles. The maximum Gasteiger partial charge on any atom is 0.328 e. The van der Waals surface area contributed by atoms with E-state index in [-0.39, 0.29) is 0 Å². The van der Waals surface area contributed by atoms with Gasteiger partial charge < -0.3 is 5.11 Å². The third kappa shape index (κ3) is 2.22. The van der Waals surface area contributed by atoms with Crippen LogP contribution in [0.15, 0.2) is 30.3 Å². The lowest BCUT2D eigenvalue weighted by Gasteiger charge is -1.97. The smallest absolute Gasteiger partial charge is 0.328 e. The number of carboxylic acids is 1. The van der Waals surface area contributed by atoms with Gasteiger partial charge in [0.15, 0.2) is 0 Å². The molecule has 0 aromatic heterocycles. The number of rotatable bonds is 3. The van der Waals surface area contributed by atoms with Crippen molar-refractivity contribution < 1.29 is 9.90 Å². The Morgan fingerprint density at radius 2 is 1.93 bits per heavy atom. The minimum absolute atomic E-state index is 0.757. The normalized spacial score (nSPS) is 16.0. The summed E-state index contributed by atoms with van der Waals surface area (Å²) >= 11 is 0. The summed E-state index contributed by atoms with van der Waals surface area (Å²) < 4.78 is 0. The van der Waals surface area contributed by atoms with Crippen molar-refractivity contribution >= 4 is 12.0 Å². The molecule has 0 aliphatic heterocycles. The predicted octanol–water partition coefficient (Wildman–Crippen LogP) is 2.66. The second kappa shape index (κ2) is 3.66. The molecule has 0 atom stereocenters. The van der Waals surface area contributed by atoms with E-state index in [9.17, 15) is 4.79 Å². The van der Waals surface area contributed by atoms with Gasteiger partial charge >= 0.3 is 5.97 Å². The number of hydrogen-bond donors (Lipinski definition) is 1. The van der Waals surface area contributed by atoms with E-state index in [0.29, 0.717) is 0 Å². The van der Waals surface area contributed by atoms with Crippen LogP contribution in [-0.4, -0.2) is 11.1 Å². The van der Waals surface area contributed by atoms with E-state index < -0.39 is 5.97 Å². The van der Waals surface area contributed by atoms with Crippen LogP contribution < -0.4 is 0 Å². The van der Waals surface area contributed by atoms with Gasteiger partial charge in [0.05, 0.1) is 0 Å². The summed E-state index contributed by atoms with van der Waals surface area (Å²) in [5.74, 6) is -0.149. The van der Waals surface area contributed by atoms with E-state index in [1.807, 2.05) is 12.1 Å². The Kier molecular flexibility index (Phi) is 2.35. The van der Waals surface area contributed by atoms with Gasteiger partial charge in [0.25, 0.3) is 0 Å². The van der Waals surface area contributed by atoms with E-state index in [4.69, 9.17) is 5.11 Å². The Bertz CT molecular complexity index is 358. The number of aliphatic carboxylic acids is 1. The SMILES string of the molecule is O=C(O)/C=C/c1ccc(C2CC2)cc1. The number of benzene rings is 1. The third-order valence-corrected chi connectivity index (χ3v) is 2.40. The fourth-order valence-electron chi connectivity index (χ4n) is 1.46. The average Bonchev–Trinajstić information content (AvgIpc) is 2.99. The lowest BCUT2D eigenvalue weighted by atomic mass is 10.1. The number of carbonyl (C=O) groups is 1. The van der Waals surface area contributed by atoms with Gasteiger partial charge in [-0.2, -0.15) is 0 Å². The van der Waals surface area contributed by atoms with Crippen LogP contribution >= 0.6 is 0 Å². The molecule has 2 heteroatoms. The Labute approximate surface area is 82.9 Å². The van der Waals surface area contributed by atoms with Gasteiger partial charge in [0, 0.05) is 6.08 Å². The molecule has 1 N–H and O–H groups in total. The highest BCUT2D eigenvalue weighted by Gasteiger charge is 2.22. The van der Waals surface area contributed by atoms with Crippen molar-refractivity contribution in [2.45, 2.75) is 18.8 Å². The second-order valence-electron chi connectivity index (χ2n) is 3.61. The van der Waals surface area contributed by atoms with Crippen molar-refractivity contribution in [2.75, 3.05) is 0 Å². The summed E-state index contributed by atoms with van der Waals surface area (Å²) in [6.07, 6.45) is 5.36. The van der Waals surface area contributed by atoms with Crippen molar-refractivity contribution in [3.05, 3.63) is 41.5 Å². The molecule has 1 fully saturated rings. The van der Waals surface area contributed by atoms with Crippen LogP contribution in [0.2, 0.25) is 0 Å². The van der Waals surface area contributed by atoms with Crippen LogP contribution in [0.4, 0.5) is 0 Å². The van der Waals surface area contributed by atoms with Crippen molar-refractivity contribution in [1.29, 1.82) is 0 Å². The molecule has 2 rings (SSSR count). The van der Waals surface area contributed by atoms with Gasteiger partial charge in [-0.15, -0.1) is 0 Å². The molecular formula is C12H12O2. The minimum Gasteiger partial charge on any atom is -0.478 e. The van der Waals surface area contributed by atoms with Gasteiger partial charge in [0.2, 0.25) is 0 Å². The first kappa shape index (κ1) is 9.00. The fourth-order valence-corrected chi connectivity index (χ4v) is 1.46. The highest BCUT2D eigenvalue weighted by molar-refractivity contribution is 5.85. The highest BCUT2D eigenvalue weighted by Crippen LogP contribution is 2.39. The first-order chi connectivity index (χ1) is 6.75. The molecule has 2 nitrogen and oxygen atoms in total. The molecule has 0 bridgehead atoms. The first-order valence-corrected chi connectivity index (χ1v) is 4.76. The average molecular weight is 188 g/mol. The lowest BCUT2D eigenvalue weighted by Crippen LogP contribution is -1.85. The Morgan fingerprint density at radius 3 is 2.43 bits per heavy atom. The van der Waals surface area contributed by atoms with E-state index in [1.54, 1.807) is 6.08 Å². The molecule has 1 aliphatic carbocycles. The summed E-state index contributed by atoms with van der Waals surface area (Å²) in [6, 6.07) is 8.10. The van der Waals surface area contributed by atoms with Gasteiger partial charge in [-0.05, 0) is 36.0 Å². The van der Waals surface area contributed by atoms with Crippen molar-refractivity contribution in [1.82, 2.24) is 0 Å². The van der Waals surface area contributed by atoms with E-state index in [0.717, 1.165) is 17.6 Å². The van der Waals surface area contributed by atoms with Crippen molar-refractivity contribution in [3.8, 4) is 0 Å². The molecule has 1 aromatic carbocycles. The Morgan fingerprint density at radius 1 is 1.29 bits per heavy atom. The van der Waals surface area contributed by atoms with Crippen molar-refractivity contribution in [2.24, 2.45) is 0 Å². The summed E-state index contributed by atoms with van der Waals surface area (Å²) in [6.45, 7) is 0. The topological polar surface area (TPSA) is 37.3 Å². The van der Waals surface area contributed by atoms with Crippen LogP contribution in [0.5, 0.6) is 0 Å². The maximum atomic E-state index is 10.3. The van der Waals surface area contributed by atoms with Crippen molar-refractivity contribution in [3.63, 3.8) is 0 Å². The summed E-state index contributed by atoms with van der Waals surface area (Å²) in [7, 11) is 0. The highest BCUT2D eigenvalue weighted by atomic mass is 16.4. The van der Waals surface area contributed by atoms with Gasteiger partial charge in [-0.25, -0.2) is 4.79 Å². The summed E-state index contributed by atoms with van der Waals surface area (Å²) in [4.78, 5) is 10.3. The number of carboxylic acid groups (broad SMARTS) is 1. The maximum absolute atomic E-state index is 10.3. The van der Waals surface area contributed by atoms with Gasteiger partial charge in [0.1, 0.15) is 0 Å². The molecule has 0 radical (unpaired) electrons. The first-order valence-electron chi connectivity index (χ1n) is 4.76. The fraction of sp³-hybridized carbons (Fsp3) is 0.250. The monoisotopic (exact) mass is 188 g/mol. The molecule has 0 unspecified atom stereocenters.